The number of hydrogen-bond donors (Lipinski definition) is 1. The summed E-state index contributed by atoms with van der Waals surface area (Å²) >= 11 is 0. The lowest BCUT2D eigenvalue weighted by Crippen LogP contribution is -2.21. The molecule has 0 aliphatic heterocycles. The molecule has 18 heavy (non-hydrogen) atoms. The van der Waals surface area contributed by atoms with E-state index in [1.165, 1.54) is 18.4 Å². The van der Waals surface area contributed by atoms with E-state index in [-0.39, 0.29) is 0 Å². The van der Waals surface area contributed by atoms with Crippen molar-refractivity contribution in [3.8, 4) is 5.75 Å². The first kappa shape index (κ1) is 15.0. The molecule has 1 aromatic rings. The summed E-state index contributed by atoms with van der Waals surface area (Å²) in [4.78, 5) is 0. The van der Waals surface area contributed by atoms with Crippen LogP contribution in [0.25, 0.3) is 0 Å². The molecule has 0 aromatic heterocycles. The van der Waals surface area contributed by atoms with Crippen molar-refractivity contribution in [2.24, 2.45) is 5.92 Å². The highest BCUT2D eigenvalue weighted by Gasteiger charge is 2.04. The van der Waals surface area contributed by atoms with Gasteiger partial charge in [0, 0.05) is 12.6 Å². The summed E-state index contributed by atoms with van der Waals surface area (Å²) in [5.41, 5.74) is 1.30. The number of nitrogens with one attached hydrogen (secondary N) is 1. The van der Waals surface area contributed by atoms with Gasteiger partial charge in [0.1, 0.15) is 5.75 Å². The zero-order valence-electron chi connectivity index (χ0n) is 12.2. The van der Waals surface area contributed by atoms with Crippen LogP contribution in [0.15, 0.2) is 24.3 Å². The molecule has 2 heteroatoms. The van der Waals surface area contributed by atoms with E-state index < -0.39 is 0 Å². The highest BCUT2D eigenvalue weighted by molar-refractivity contribution is 5.27. The van der Waals surface area contributed by atoms with Gasteiger partial charge in [0.05, 0.1) is 6.61 Å². The zero-order chi connectivity index (χ0) is 13.4. The number of benzene rings is 1. The first-order valence-electron chi connectivity index (χ1n) is 7.10. The van der Waals surface area contributed by atoms with Gasteiger partial charge in [-0.05, 0) is 23.6 Å². The number of ether oxygens (including phenoxy) is 1. The van der Waals surface area contributed by atoms with E-state index in [2.05, 4.69) is 57.3 Å². The molecular weight excluding hydrogens is 222 g/mol. The van der Waals surface area contributed by atoms with Crippen molar-refractivity contribution in [1.29, 1.82) is 0 Å². The molecule has 0 saturated carbocycles. The standard InChI is InChI=1S/C16H27NO/c1-5-14(6-2)12-18-16-9-7-15(8-10-16)11-17-13(3)4/h7-10,13-14,17H,5-6,11-12H2,1-4H3. The summed E-state index contributed by atoms with van der Waals surface area (Å²) in [7, 11) is 0. The van der Waals surface area contributed by atoms with Crippen LogP contribution in [-0.2, 0) is 6.54 Å². The topological polar surface area (TPSA) is 21.3 Å². The minimum atomic E-state index is 0.524. The Morgan fingerprint density at radius 1 is 1.06 bits per heavy atom. The lowest BCUT2D eigenvalue weighted by atomic mass is 10.1. The van der Waals surface area contributed by atoms with Gasteiger partial charge >= 0.3 is 0 Å². The second-order valence-corrected chi connectivity index (χ2v) is 5.17. The van der Waals surface area contributed by atoms with Crippen LogP contribution >= 0.6 is 0 Å². The number of hydrogen-bond acceptors (Lipinski definition) is 2. The van der Waals surface area contributed by atoms with Crippen LogP contribution in [-0.4, -0.2) is 12.6 Å². The molecule has 0 amide bonds. The monoisotopic (exact) mass is 249 g/mol. The number of rotatable bonds is 8. The van der Waals surface area contributed by atoms with Gasteiger partial charge < -0.3 is 10.1 Å². The van der Waals surface area contributed by atoms with E-state index in [1.807, 2.05) is 0 Å². The molecule has 0 aliphatic rings. The van der Waals surface area contributed by atoms with Gasteiger partial charge in [-0.3, -0.25) is 0 Å². The first-order valence-corrected chi connectivity index (χ1v) is 7.10. The Morgan fingerprint density at radius 2 is 1.67 bits per heavy atom. The lowest BCUT2D eigenvalue weighted by molar-refractivity contribution is 0.240. The van der Waals surface area contributed by atoms with E-state index in [1.54, 1.807) is 0 Å². The second-order valence-electron chi connectivity index (χ2n) is 5.17. The van der Waals surface area contributed by atoms with Crippen LogP contribution in [0.2, 0.25) is 0 Å². The Morgan fingerprint density at radius 3 is 2.17 bits per heavy atom. The van der Waals surface area contributed by atoms with Crippen molar-refractivity contribution in [3.63, 3.8) is 0 Å². The molecule has 0 heterocycles. The zero-order valence-corrected chi connectivity index (χ0v) is 12.2. The minimum Gasteiger partial charge on any atom is -0.493 e. The highest BCUT2D eigenvalue weighted by atomic mass is 16.5. The largest absolute Gasteiger partial charge is 0.493 e. The van der Waals surface area contributed by atoms with Crippen LogP contribution < -0.4 is 10.1 Å². The van der Waals surface area contributed by atoms with Crippen LogP contribution in [0, 0.1) is 5.92 Å². The van der Waals surface area contributed by atoms with Crippen LogP contribution in [0.3, 0.4) is 0 Å². The van der Waals surface area contributed by atoms with Gasteiger partial charge in [0.2, 0.25) is 0 Å². The molecule has 1 N–H and O–H groups in total. The third-order valence-corrected chi connectivity index (χ3v) is 3.28. The van der Waals surface area contributed by atoms with Crippen molar-refractivity contribution in [2.45, 2.75) is 53.1 Å². The first-order chi connectivity index (χ1) is 8.65. The summed E-state index contributed by atoms with van der Waals surface area (Å²) in [6.45, 7) is 10.5. The molecule has 102 valence electrons. The van der Waals surface area contributed by atoms with Gasteiger partial charge in [-0.15, -0.1) is 0 Å². The molecule has 0 spiro atoms. The second kappa shape index (κ2) is 8.15. The van der Waals surface area contributed by atoms with Gasteiger partial charge in [0.15, 0.2) is 0 Å². The fourth-order valence-corrected chi connectivity index (χ4v) is 1.76. The summed E-state index contributed by atoms with van der Waals surface area (Å²) in [5.74, 6) is 1.66. The van der Waals surface area contributed by atoms with Gasteiger partial charge in [0.25, 0.3) is 0 Å². The maximum Gasteiger partial charge on any atom is 0.119 e. The summed E-state index contributed by atoms with van der Waals surface area (Å²) < 4.78 is 5.81. The Labute approximate surface area is 112 Å². The third kappa shape index (κ3) is 5.54. The maximum absolute atomic E-state index is 5.81. The van der Waals surface area contributed by atoms with E-state index in [4.69, 9.17) is 4.74 Å². The van der Waals surface area contributed by atoms with Crippen molar-refractivity contribution < 1.29 is 4.74 Å². The SMILES string of the molecule is CCC(CC)COc1ccc(CNC(C)C)cc1. The Kier molecular flexibility index (Phi) is 6.81. The summed E-state index contributed by atoms with van der Waals surface area (Å²) in [6, 6.07) is 8.94. The van der Waals surface area contributed by atoms with E-state index in [9.17, 15) is 0 Å². The van der Waals surface area contributed by atoms with Crippen molar-refractivity contribution in [1.82, 2.24) is 5.32 Å². The van der Waals surface area contributed by atoms with E-state index in [0.29, 0.717) is 12.0 Å². The summed E-state index contributed by atoms with van der Waals surface area (Å²) in [6.07, 6.45) is 2.37. The fourth-order valence-electron chi connectivity index (χ4n) is 1.76. The highest BCUT2D eigenvalue weighted by Crippen LogP contribution is 2.15. The molecule has 1 aromatic carbocycles. The normalized spacial score (nSPS) is 11.2. The molecule has 0 aliphatic carbocycles. The molecule has 0 bridgehead atoms. The molecular formula is C16H27NO. The molecule has 0 atom stereocenters. The van der Waals surface area contributed by atoms with Crippen LogP contribution in [0.4, 0.5) is 0 Å². The van der Waals surface area contributed by atoms with Crippen molar-refractivity contribution in [3.05, 3.63) is 29.8 Å². The molecule has 0 unspecified atom stereocenters. The van der Waals surface area contributed by atoms with Crippen molar-refractivity contribution >= 4 is 0 Å². The average Bonchev–Trinajstić information content (AvgIpc) is 2.39. The predicted molar refractivity (Wildman–Crippen MR) is 78.0 cm³/mol. The van der Waals surface area contributed by atoms with Gasteiger partial charge in [-0.1, -0.05) is 52.7 Å². The molecule has 0 radical (unpaired) electrons. The fraction of sp³-hybridized carbons (Fsp3) is 0.625. The molecule has 0 fully saturated rings. The summed E-state index contributed by atoms with van der Waals surface area (Å²) in [5, 5.41) is 3.41. The third-order valence-electron chi connectivity index (χ3n) is 3.28. The Bertz CT molecular complexity index is 314. The quantitative estimate of drug-likeness (QED) is 0.752. The lowest BCUT2D eigenvalue weighted by Gasteiger charge is -2.14. The molecule has 2 nitrogen and oxygen atoms in total. The van der Waals surface area contributed by atoms with Crippen LogP contribution in [0.1, 0.15) is 46.1 Å². The van der Waals surface area contributed by atoms with Gasteiger partial charge in [-0.25, -0.2) is 0 Å². The smallest absolute Gasteiger partial charge is 0.119 e. The molecule has 1 rings (SSSR count). The molecule has 0 saturated heterocycles. The average molecular weight is 249 g/mol. The van der Waals surface area contributed by atoms with E-state index >= 15 is 0 Å². The minimum absolute atomic E-state index is 0.524. The Hall–Kier alpha value is -1.02. The van der Waals surface area contributed by atoms with Crippen molar-refractivity contribution in [2.75, 3.05) is 6.61 Å². The van der Waals surface area contributed by atoms with Gasteiger partial charge in [-0.2, -0.15) is 0 Å². The predicted octanol–water partition coefficient (Wildman–Crippen LogP) is 4.00. The van der Waals surface area contributed by atoms with Crippen LogP contribution in [0.5, 0.6) is 5.75 Å². The Balaban J connectivity index is 2.40. The maximum atomic E-state index is 5.81. The van der Waals surface area contributed by atoms with E-state index in [0.717, 1.165) is 18.9 Å².